The van der Waals surface area contributed by atoms with Gasteiger partial charge < -0.3 is 14.7 Å². The number of ether oxygens (including phenoxy) is 1. The number of aliphatic hydroxyl groups excluding tert-OH is 1. The molecule has 1 aromatic carbocycles. The molecule has 2 heterocycles. The highest BCUT2D eigenvalue weighted by molar-refractivity contribution is 7.89. The van der Waals surface area contributed by atoms with E-state index in [0.717, 1.165) is 21.0 Å². The molecule has 2 aromatic rings. The summed E-state index contributed by atoms with van der Waals surface area (Å²) in [6, 6.07) is 5.44. The molecule has 1 aromatic heterocycles. The van der Waals surface area contributed by atoms with Crippen LogP contribution in [-0.2, 0) is 30.9 Å². The molecule has 0 saturated carbocycles. The van der Waals surface area contributed by atoms with Gasteiger partial charge in [0.1, 0.15) is 6.04 Å². The smallest absolute Gasteiger partial charge is 0.325 e. The largest absolute Gasteiger partial charge is 0.454 e. The fourth-order valence-electron chi connectivity index (χ4n) is 3.36. The summed E-state index contributed by atoms with van der Waals surface area (Å²) in [6.45, 7) is 3.36. The highest BCUT2D eigenvalue weighted by Gasteiger charge is 2.44. The number of sulfonamides is 1. The van der Waals surface area contributed by atoms with Crippen molar-refractivity contribution in [2.45, 2.75) is 43.9 Å². The second kappa shape index (κ2) is 9.47. The number of carbonyl (C=O) groups excluding carboxylic acids is 2. The summed E-state index contributed by atoms with van der Waals surface area (Å²) in [4.78, 5) is 26.4. The fourth-order valence-corrected chi connectivity index (χ4v) is 5.73. The molecule has 1 saturated heterocycles. The van der Waals surface area contributed by atoms with Crippen LogP contribution >= 0.6 is 11.3 Å². The lowest BCUT2D eigenvalue weighted by atomic mass is 10.1. The van der Waals surface area contributed by atoms with E-state index in [4.69, 9.17) is 4.74 Å². The van der Waals surface area contributed by atoms with Gasteiger partial charge >= 0.3 is 5.97 Å². The molecule has 10 heteroatoms. The van der Waals surface area contributed by atoms with Crippen molar-refractivity contribution in [1.82, 2.24) is 9.21 Å². The Morgan fingerprint density at radius 2 is 2.00 bits per heavy atom. The Kier molecular flexibility index (Phi) is 7.15. The number of benzene rings is 1. The molecule has 1 aliphatic rings. The van der Waals surface area contributed by atoms with Crippen LogP contribution in [0, 0.1) is 13.8 Å². The minimum absolute atomic E-state index is 0.0501. The standard InChI is InChI=1S/C21H26N2O6S2/c1-14-4-5-18(8-15(14)2)31(27,28)23-11-17(24)9-19(23)21(26)29-12-20(25)22(3)10-16-6-7-30-13-16/h4-8,13,17,19,24H,9-12H2,1-3H3/t17-,19-/m0/s1. The lowest BCUT2D eigenvalue weighted by Gasteiger charge is -2.23. The number of amides is 1. The number of aliphatic hydroxyl groups is 1. The van der Waals surface area contributed by atoms with E-state index in [1.807, 2.05) is 23.8 Å². The van der Waals surface area contributed by atoms with Gasteiger partial charge in [0.25, 0.3) is 5.91 Å². The molecule has 2 atom stereocenters. The van der Waals surface area contributed by atoms with Gasteiger partial charge in [-0.15, -0.1) is 0 Å². The van der Waals surface area contributed by atoms with Crippen LogP contribution in [0.5, 0.6) is 0 Å². The number of hydrogen-bond donors (Lipinski definition) is 1. The summed E-state index contributed by atoms with van der Waals surface area (Å²) in [5.74, 6) is -1.25. The van der Waals surface area contributed by atoms with Crippen LogP contribution in [0.1, 0.15) is 23.1 Å². The molecule has 1 fully saturated rings. The lowest BCUT2D eigenvalue weighted by Crippen LogP contribution is -2.42. The molecule has 3 rings (SSSR count). The number of rotatable bonds is 7. The summed E-state index contributed by atoms with van der Waals surface area (Å²) in [7, 11) is -2.42. The fraction of sp³-hybridized carbons (Fsp3) is 0.429. The Morgan fingerprint density at radius 1 is 1.26 bits per heavy atom. The Balaban J connectivity index is 1.67. The second-order valence-electron chi connectivity index (χ2n) is 7.72. The zero-order valence-electron chi connectivity index (χ0n) is 17.6. The number of hydrogen-bond acceptors (Lipinski definition) is 7. The van der Waals surface area contributed by atoms with Crippen molar-refractivity contribution in [1.29, 1.82) is 0 Å². The van der Waals surface area contributed by atoms with Crippen LogP contribution < -0.4 is 0 Å². The van der Waals surface area contributed by atoms with Gasteiger partial charge in [-0.2, -0.15) is 15.6 Å². The van der Waals surface area contributed by atoms with Crippen LogP contribution in [0.2, 0.25) is 0 Å². The summed E-state index contributed by atoms with van der Waals surface area (Å²) >= 11 is 1.52. The maximum absolute atomic E-state index is 13.1. The van der Waals surface area contributed by atoms with Crippen molar-refractivity contribution < 1.29 is 27.9 Å². The van der Waals surface area contributed by atoms with E-state index in [-0.39, 0.29) is 17.9 Å². The van der Waals surface area contributed by atoms with Crippen molar-refractivity contribution in [2.75, 3.05) is 20.2 Å². The number of thiophene rings is 1. The predicted octanol–water partition coefficient (Wildman–Crippen LogP) is 1.69. The number of aryl methyl sites for hydroxylation is 2. The summed E-state index contributed by atoms with van der Waals surface area (Å²) < 4.78 is 32.3. The number of β-amino-alcohol motifs (C(OH)–C–C–N with tert-alkyl or cyclic N) is 1. The number of esters is 1. The first-order valence-electron chi connectivity index (χ1n) is 9.78. The minimum atomic E-state index is -4.02. The first kappa shape index (κ1) is 23.4. The van der Waals surface area contributed by atoms with Gasteiger partial charge in [0, 0.05) is 26.6 Å². The van der Waals surface area contributed by atoms with Gasteiger partial charge in [0.2, 0.25) is 10.0 Å². The Bertz CT molecular complexity index is 1050. The normalized spacial score (nSPS) is 19.4. The van der Waals surface area contributed by atoms with Crippen LogP contribution in [0.4, 0.5) is 0 Å². The average Bonchev–Trinajstić information content (AvgIpc) is 3.37. The number of nitrogens with zero attached hydrogens (tertiary/aromatic N) is 2. The van der Waals surface area contributed by atoms with Crippen molar-refractivity contribution in [3.63, 3.8) is 0 Å². The van der Waals surface area contributed by atoms with E-state index in [0.29, 0.717) is 6.54 Å². The van der Waals surface area contributed by atoms with Gasteiger partial charge in [0.15, 0.2) is 6.61 Å². The Hall–Kier alpha value is -2.27. The average molecular weight is 467 g/mol. The first-order chi connectivity index (χ1) is 14.6. The maximum atomic E-state index is 13.1. The summed E-state index contributed by atoms with van der Waals surface area (Å²) in [5.41, 5.74) is 2.72. The van der Waals surface area contributed by atoms with E-state index in [2.05, 4.69) is 0 Å². The number of carbonyl (C=O) groups is 2. The Labute approximate surface area is 186 Å². The SMILES string of the molecule is Cc1ccc(S(=O)(=O)N2C[C@@H](O)C[C@H]2C(=O)OCC(=O)N(C)Cc2ccsc2)cc1C. The third-order valence-electron chi connectivity index (χ3n) is 5.35. The molecule has 31 heavy (non-hydrogen) atoms. The van der Waals surface area contributed by atoms with Crippen molar-refractivity contribution in [3.8, 4) is 0 Å². The third-order valence-corrected chi connectivity index (χ3v) is 7.96. The Morgan fingerprint density at radius 3 is 2.65 bits per heavy atom. The molecular weight excluding hydrogens is 440 g/mol. The predicted molar refractivity (Wildman–Crippen MR) is 116 cm³/mol. The van der Waals surface area contributed by atoms with E-state index in [1.54, 1.807) is 26.1 Å². The molecular formula is C21H26N2O6S2. The highest BCUT2D eigenvalue weighted by atomic mass is 32.2. The maximum Gasteiger partial charge on any atom is 0.325 e. The van der Waals surface area contributed by atoms with E-state index in [1.165, 1.54) is 22.3 Å². The van der Waals surface area contributed by atoms with Crippen LogP contribution in [0.15, 0.2) is 39.9 Å². The highest BCUT2D eigenvalue weighted by Crippen LogP contribution is 2.28. The van der Waals surface area contributed by atoms with Gasteiger partial charge in [0.05, 0.1) is 11.0 Å². The molecule has 0 unspecified atom stereocenters. The molecule has 168 valence electrons. The first-order valence-corrected chi connectivity index (χ1v) is 12.2. The molecule has 1 N–H and O–H groups in total. The zero-order valence-corrected chi connectivity index (χ0v) is 19.3. The van der Waals surface area contributed by atoms with Gasteiger partial charge in [-0.05, 0) is 59.5 Å². The molecule has 0 bridgehead atoms. The van der Waals surface area contributed by atoms with Crippen molar-refractivity contribution in [3.05, 3.63) is 51.7 Å². The van der Waals surface area contributed by atoms with Crippen molar-refractivity contribution >= 4 is 33.2 Å². The van der Waals surface area contributed by atoms with E-state index >= 15 is 0 Å². The van der Waals surface area contributed by atoms with Crippen LogP contribution in [0.3, 0.4) is 0 Å². The molecule has 1 amide bonds. The topological polar surface area (TPSA) is 104 Å². The minimum Gasteiger partial charge on any atom is -0.454 e. The number of likely N-dealkylation sites (N-methyl/N-ethyl adjacent to an activating group) is 1. The molecule has 0 radical (unpaired) electrons. The summed E-state index contributed by atoms with van der Waals surface area (Å²) in [6.07, 6.45) is -1.07. The van der Waals surface area contributed by atoms with Gasteiger partial charge in [-0.25, -0.2) is 8.42 Å². The van der Waals surface area contributed by atoms with Gasteiger partial charge in [-0.1, -0.05) is 6.07 Å². The van der Waals surface area contributed by atoms with Crippen LogP contribution in [-0.4, -0.2) is 67.0 Å². The van der Waals surface area contributed by atoms with Gasteiger partial charge in [-0.3, -0.25) is 9.59 Å². The molecule has 0 spiro atoms. The van der Waals surface area contributed by atoms with Crippen molar-refractivity contribution in [2.24, 2.45) is 0 Å². The van der Waals surface area contributed by atoms with Crippen LogP contribution in [0.25, 0.3) is 0 Å². The molecule has 1 aliphatic heterocycles. The zero-order chi connectivity index (χ0) is 22.8. The second-order valence-corrected chi connectivity index (χ2v) is 10.4. The third kappa shape index (κ3) is 5.32. The van der Waals surface area contributed by atoms with E-state index in [9.17, 15) is 23.1 Å². The lowest BCUT2D eigenvalue weighted by molar-refractivity contribution is -0.154. The molecule has 0 aliphatic carbocycles. The van der Waals surface area contributed by atoms with E-state index < -0.39 is 40.7 Å². The quantitative estimate of drug-likeness (QED) is 0.623. The summed E-state index contributed by atoms with van der Waals surface area (Å²) in [5, 5.41) is 13.9. The monoisotopic (exact) mass is 466 g/mol. The molecule has 8 nitrogen and oxygen atoms in total.